The highest BCUT2D eigenvalue weighted by atomic mass is 32.1. The molecule has 1 heterocycles. The molecule has 22 heavy (non-hydrogen) atoms. The maximum absolute atomic E-state index is 13.7. The molecule has 3 N–H and O–H groups in total. The smallest absolute Gasteiger partial charge is 0.346 e. The molecule has 4 nitrogen and oxygen atoms in total. The average Bonchev–Trinajstić information content (AvgIpc) is 2.95. The van der Waals surface area contributed by atoms with E-state index in [1.165, 1.54) is 12.1 Å². The second-order valence-corrected chi connectivity index (χ2v) is 5.20. The topological polar surface area (TPSA) is 68.0 Å². The number of benzene rings is 1. The zero-order valence-electron chi connectivity index (χ0n) is 11.1. The van der Waals surface area contributed by atoms with Crippen LogP contribution in [0.2, 0.25) is 0 Å². The molecule has 0 aliphatic rings. The van der Waals surface area contributed by atoms with Gasteiger partial charge in [-0.25, -0.2) is 9.37 Å². The molecule has 1 amide bonds. The van der Waals surface area contributed by atoms with E-state index in [-0.39, 0.29) is 18.7 Å². The van der Waals surface area contributed by atoms with E-state index in [0.717, 1.165) is 5.51 Å². The Labute approximate surface area is 127 Å². The standard InChI is InChI=1S/C13H11F4N3OS/c14-9-3-7(4-18)1-2-8(9)5-19-12(21)10-11(13(15,16)17)22-6-20-10/h1-3,6H,4-5,18H2,(H,19,21). The van der Waals surface area contributed by atoms with Gasteiger partial charge in [0, 0.05) is 18.7 Å². The van der Waals surface area contributed by atoms with Crippen LogP contribution in [0.25, 0.3) is 0 Å². The van der Waals surface area contributed by atoms with Crippen LogP contribution in [0.15, 0.2) is 23.7 Å². The van der Waals surface area contributed by atoms with Crippen molar-refractivity contribution < 1.29 is 22.4 Å². The first-order valence-corrected chi connectivity index (χ1v) is 6.97. The van der Waals surface area contributed by atoms with Gasteiger partial charge in [0.2, 0.25) is 0 Å². The van der Waals surface area contributed by atoms with Crippen LogP contribution in [-0.4, -0.2) is 10.9 Å². The average molecular weight is 333 g/mol. The van der Waals surface area contributed by atoms with Gasteiger partial charge in [0.1, 0.15) is 10.7 Å². The van der Waals surface area contributed by atoms with E-state index in [0.29, 0.717) is 16.9 Å². The number of carbonyl (C=O) groups excluding carboxylic acids is 1. The number of aromatic nitrogens is 1. The molecule has 0 aliphatic heterocycles. The van der Waals surface area contributed by atoms with Crippen LogP contribution in [0.3, 0.4) is 0 Å². The monoisotopic (exact) mass is 333 g/mol. The molecule has 0 fully saturated rings. The van der Waals surface area contributed by atoms with Crippen molar-refractivity contribution >= 4 is 17.2 Å². The summed E-state index contributed by atoms with van der Waals surface area (Å²) in [7, 11) is 0. The number of nitrogens with one attached hydrogen (secondary N) is 1. The molecule has 2 aromatic rings. The number of amides is 1. The molecule has 0 atom stereocenters. The second kappa shape index (κ2) is 6.41. The quantitative estimate of drug-likeness (QED) is 0.846. The predicted molar refractivity (Wildman–Crippen MR) is 72.6 cm³/mol. The van der Waals surface area contributed by atoms with Crippen molar-refractivity contribution in [2.24, 2.45) is 5.73 Å². The Hall–Kier alpha value is -2.00. The first-order chi connectivity index (χ1) is 10.3. The van der Waals surface area contributed by atoms with Crippen molar-refractivity contribution in [1.82, 2.24) is 10.3 Å². The summed E-state index contributed by atoms with van der Waals surface area (Å²) in [5.41, 5.74) is 6.31. The predicted octanol–water partition coefficient (Wildman–Crippen LogP) is 2.69. The van der Waals surface area contributed by atoms with Crippen LogP contribution in [0, 0.1) is 5.82 Å². The number of hydrogen-bond acceptors (Lipinski definition) is 4. The number of nitrogens with two attached hydrogens (primary N) is 1. The summed E-state index contributed by atoms with van der Waals surface area (Å²) in [5.74, 6) is -1.59. The van der Waals surface area contributed by atoms with Crippen LogP contribution in [0.1, 0.15) is 26.5 Å². The Morgan fingerprint density at radius 3 is 2.68 bits per heavy atom. The molecule has 0 spiro atoms. The minimum Gasteiger partial charge on any atom is -0.346 e. The molecule has 0 saturated heterocycles. The zero-order valence-corrected chi connectivity index (χ0v) is 11.9. The number of halogens is 4. The fourth-order valence-corrected chi connectivity index (χ4v) is 2.38. The summed E-state index contributed by atoms with van der Waals surface area (Å²) < 4.78 is 51.7. The lowest BCUT2D eigenvalue weighted by Gasteiger charge is -2.08. The Balaban J connectivity index is 2.09. The maximum atomic E-state index is 13.7. The first kappa shape index (κ1) is 16.4. The normalized spacial score (nSPS) is 11.5. The highest BCUT2D eigenvalue weighted by Gasteiger charge is 2.37. The molecule has 1 aromatic carbocycles. The van der Waals surface area contributed by atoms with Crippen molar-refractivity contribution in [2.75, 3.05) is 0 Å². The molecule has 0 bridgehead atoms. The van der Waals surface area contributed by atoms with Gasteiger partial charge in [0.25, 0.3) is 5.91 Å². The van der Waals surface area contributed by atoms with Gasteiger partial charge in [-0.15, -0.1) is 11.3 Å². The number of nitrogens with zero attached hydrogens (tertiary/aromatic N) is 1. The molecule has 0 unspecified atom stereocenters. The molecule has 2 rings (SSSR count). The van der Waals surface area contributed by atoms with Gasteiger partial charge in [0.15, 0.2) is 5.69 Å². The lowest BCUT2D eigenvalue weighted by Crippen LogP contribution is -2.26. The molecule has 0 aliphatic carbocycles. The third kappa shape index (κ3) is 3.60. The molecule has 118 valence electrons. The van der Waals surface area contributed by atoms with Gasteiger partial charge in [-0.05, 0) is 11.6 Å². The minimum atomic E-state index is -4.65. The van der Waals surface area contributed by atoms with Crippen LogP contribution in [-0.2, 0) is 19.3 Å². The zero-order chi connectivity index (χ0) is 16.3. The van der Waals surface area contributed by atoms with E-state index in [1.54, 1.807) is 6.07 Å². The Morgan fingerprint density at radius 1 is 1.36 bits per heavy atom. The fourth-order valence-electron chi connectivity index (χ4n) is 1.73. The van der Waals surface area contributed by atoms with E-state index in [9.17, 15) is 22.4 Å². The van der Waals surface area contributed by atoms with E-state index in [2.05, 4.69) is 10.3 Å². The van der Waals surface area contributed by atoms with Gasteiger partial charge >= 0.3 is 6.18 Å². The summed E-state index contributed by atoms with van der Waals surface area (Å²) in [6, 6.07) is 4.21. The van der Waals surface area contributed by atoms with Gasteiger partial charge < -0.3 is 11.1 Å². The number of thiazole rings is 1. The maximum Gasteiger partial charge on any atom is 0.427 e. The van der Waals surface area contributed by atoms with Gasteiger partial charge in [-0.3, -0.25) is 4.79 Å². The lowest BCUT2D eigenvalue weighted by atomic mass is 10.1. The van der Waals surface area contributed by atoms with Gasteiger partial charge in [-0.2, -0.15) is 13.2 Å². The van der Waals surface area contributed by atoms with E-state index in [4.69, 9.17) is 5.73 Å². The van der Waals surface area contributed by atoms with Crippen molar-refractivity contribution in [3.8, 4) is 0 Å². The highest BCUT2D eigenvalue weighted by Crippen LogP contribution is 2.34. The highest BCUT2D eigenvalue weighted by molar-refractivity contribution is 7.10. The summed E-state index contributed by atoms with van der Waals surface area (Å²) in [6.07, 6.45) is -4.65. The molecule has 9 heteroatoms. The molecule has 0 radical (unpaired) electrons. The van der Waals surface area contributed by atoms with Crippen molar-refractivity contribution in [2.45, 2.75) is 19.3 Å². The van der Waals surface area contributed by atoms with Gasteiger partial charge in [0.05, 0.1) is 5.51 Å². The molecule has 1 aromatic heterocycles. The Kier molecular flexibility index (Phi) is 4.77. The first-order valence-electron chi connectivity index (χ1n) is 6.09. The molecular weight excluding hydrogens is 322 g/mol. The summed E-state index contributed by atoms with van der Waals surface area (Å²) >= 11 is 0.330. The number of alkyl halides is 3. The van der Waals surface area contributed by atoms with E-state index >= 15 is 0 Å². The number of hydrogen-bond donors (Lipinski definition) is 2. The van der Waals surface area contributed by atoms with Crippen molar-refractivity contribution in [3.05, 3.63) is 51.2 Å². The third-order valence-corrected chi connectivity index (χ3v) is 3.70. The Morgan fingerprint density at radius 2 is 2.09 bits per heavy atom. The third-order valence-electron chi connectivity index (χ3n) is 2.83. The summed E-state index contributed by atoms with van der Waals surface area (Å²) in [4.78, 5) is 14.1. The number of carbonyl (C=O) groups is 1. The van der Waals surface area contributed by atoms with E-state index in [1.807, 2.05) is 0 Å². The summed E-state index contributed by atoms with van der Waals surface area (Å²) in [6.45, 7) is -0.0817. The Bertz CT molecular complexity index is 684. The fraction of sp³-hybridized carbons (Fsp3) is 0.231. The molecule has 0 saturated carbocycles. The van der Waals surface area contributed by atoms with Crippen LogP contribution >= 0.6 is 11.3 Å². The van der Waals surface area contributed by atoms with Crippen LogP contribution in [0.4, 0.5) is 17.6 Å². The van der Waals surface area contributed by atoms with Crippen molar-refractivity contribution in [1.29, 1.82) is 0 Å². The van der Waals surface area contributed by atoms with Gasteiger partial charge in [-0.1, -0.05) is 12.1 Å². The van der Waals surface area contributed by atoms with E-state index < -0.39 is 28.5 Å². The largest absolute Gasteiger partial charge is 0.427 e. The van der Waals surface area contributed by atoms with Crippen LogP contribution in [0.5, 0.6) is 0 Å². The molecular formula is C13H11F4N3OS. The lowest BCUT2D eigenvalue weighted by molar-refractivity contribution is -0.134. The van der Waals surface area contributed by atoms with Crippen molar-refractivity contribution in [3.63, 3.8) is 0 Å². The number of rotatable bonds is 4. The minimum absolute atomic E-state index is 0.148. The second-order valence-electron chi connectivity index (χ2n) is 4.34. The van der Waals surface area contributed by atoms with Crippen LogP contribution < -0.4 is 11.1 Å². The summed E-state index contributed by atoms with van der Waals surface area (Å²) in [5, 5.41) is 2.23. The SMILES string of the molecule is NCc1ccc(CNC(=O)c2ncsc2C(F)(F)F)c(F)c1.